The van der Waals surface area contributed by atoms with Crippen LogP contribution in [-0.4, -0.2) is 23.6 Å². The summed E-state index contributed by atoms with van der Waals surface area (Å²) < 4.78 is 0. The standard InChI is InChI=1S/C11H13N3O2S/c1-6(12)11(16)14-8-4-7(13)2-3-9(8)17-5-10(14)15/h2-4,6H,5,12-13H2,1H3. The fourth-order valence-corrected chi connectivity index (χ4v) is 2.49. The SMILES string of the molecule is CC(N)C(=O)N1C(=O)CSc2ccc(N)cc21. The molecule has 17 heavy (non-hydrogen) atoms. The van der Waals surface area contributed by atoms with Crippen LogP contribution in [0.1, 0.15) is 6.92 Å². The van der Waals surface area contributed by atoms with Crippen molar-refractivity contribution >= 4 is 35.0 Å². The zero-order valence-electron chi connectivity index (χ0n) is 9.34. The summed E-state index contributed by atoms with van der Waals surface area (Å²) >= 11 is 1.40. The van der Waals surface area contributed by atoms with Crippen molar-refractivity contribution in [3.05, 3.63) is 18.2 Å². The minimum Gasteiger partial charge on any atom is -0.399 e. The van der Waals surface area contributed by atoms with E-state index in [1.54, 1.807) is 19.1 Å². The fourth-order valence-electron chi connectivity index (χ4n) is 1.61. The molecule has 4 N–H and O–H groups in total. The number of carbonyl (C=O) groups is 2. The number of rotatable bonds is 1. The van der Waals surface area contributed by atoms with E-state index in [1.165, 1.54) is 11.8 Å². The van der Waals surface area contributed by atoms with Gasteiger partial charge in [-0.1, -0.05) is 0 Å². The third-order valence-electron chi connectivity index (χ3n) is 2.43. The predicted molar refractivity (Wildman–Crippen MR) is 67.7 cm³/mol. The molecule has 1 aromatic rings. The molecule has 0 radical (unpaired) electrons. The van der Waals surface area contributed by atoms with E-state index in [0.29, 0.717) is 11.4 Å². The average molecular weight is 251 g/mol. The number of benzene rings is 1. The first-order chi connectivity index (χ1) is 8.00. The maximum absolute atomic E-state index is 11.9. The number of amides is 2. The maximum atomic E-state index is 11.9. The van der Waals surface area contributed by atoms with Crippen molar-refractivity contribution in [1.29, 1.82) is 0 Å². The molecule has 0 saturated heterocycles. The molecule has 0 saturated carbocycles. The molecule has 0 spiro atoms. The Labute approximate surface area is 103 Å². The summed E-state index contributed by atoms with van der Waals surface area (Å²) in [4.78, 5) is 25.7. The van der Waals surface area contributed by atoms with E-state index in [4.69, 9.17) is 11.5 Å². The minimum absolute atomic E-state index is 0.245. The number of imide groups is 1. The molecule has 0 aromatic heterocycles. The van der Waals surface area contributed by atoms with Crippen molar-refractivity contribution in [1.82, 2.24) is 0 Å². The van der Waals surface area contributed by atoms with Gasteiger partial charge in [-0.2, -0.15) is 0 Å². The average Bonchev–Trinajstić information content (AvgIpc) is 2.27. The normalized spacial score (nSPS) is 16.6. The van der Waals surface area contributed by atoms with Crippen LogP contribution in [0.5, 0.6) is 0 Å². The Morgan fingerprint density at radius 2 is 2.24 bits per heavy atom. The Morgan fingerprint density at radius 3 is 2.88 bits per heavy atom. The van der Waals surface area contributed by atoms with E-state index in [-0.39, 0.29) is 11.7 Å². The molecule has 5 nitrogen and oxygen atoms in total. The highest BCUT2D eigenvalue weighted by atomic mass is 32.2. The van der Waals surface area contributed by atoms with Gasteiger partial charge in [-0.05, 0) is 25.1 Å². The van der Waals surface area contributed by atoms with Crippen LogP contribution in [-0.2, 0) is 9.59 Å². The maximum Gasteiger partial charge on any atom is 0.250 e. The van der Waals surface area contributed by atoms with Gasteiger partial charge < -0.3 is 11.5 Å². The van der Waals surface area contributed by atoms with E-state index >= 15 is 0 Å². The van der Waals surface area contributed by atoms with E-state index in [2.05, 4.69) is 0 Å². The van der Waals surface area contributed by atoms with Gasteiger partial charge in [0, 0.05) is 10.6 Å². The topological polar surface area (TPSA) is 89.4 Å². The molecule has 0 bridgehead atoms. The molecular formula is C11H13N3O2S. The quantitative estimate of drug-likeness (QED) is 0.713. The van der Waals surface area contributed by atoms with Gasteiger partial charge in [0.15, 0.2) is 0 Å². The second-order valence-corrected chi connectivity index (χ2v) is 4.89. The zero-order chi connectivity index (χ0) is 12.6. The van der Waals surface area contributed by atoms with Crippen LogP contribution in [0.4, 0.5) is 11.4 Å². The van der Waals surface area contributed by atoms with Crippen LogP contribution in [0.2, 0.25) is 0 Å². The van der Waals surface area contributed by atoms with Crippen molar-refractivity contribution in [2.75, 3.05) is 16.4 Å². The molecule has 0 aliphatic carbocycles. The summed E-state index contributed by atoms with van der Waals surface area (Å²) in [6.45, 7) is 1.56. The lowest BCUT2D eigenvalue weighted by atomic mass is 10.2. The van der Waals surface area contributed by atoms with Crippen LogP contribution in [0.25, 0.3) is 0 Å². The Balaban J connectivity index is 2.49. The predicted octanol–water partition coefficient (Wildman–Crippen LogP) is 0.581. The third kappa shape index (κ3) is 2.13. The van der Waals surface area contributed by atoms with Crippen LogP contribution in [0, 0.1) is 0 Å². The highest BCUT2D eigenvalue weighted by molar-refractivity contribution is 8.00. The van der Waals surface area contributed by atoms with Gasteiger partial charge in [-0.15, -0.1) is 11.8 Å². The summed E-state index contributed by atoms with van der Waals surface area (Å²) in [5, 5.41) is 0. The summed E-state index contributed by atoms with van der Waals surface area (Å²) in [6, 6.07) is 4.47. The molecule has 2 rings (SSSR count). The number of hydrogen-bond acceptors (Lipinski definition) is 5. The molecule has 1 atom stereocenters. The molecule has 90 valence electrons. The van der Waals surface area contributed by atoms with Gasteiger partial charge in [-0.25, -0.2) is 4.90 Å². The fraction of sp³-hybridized carbons (Fsp3) is 0.273. The molecule has 1 unspecified atom stereocenters. The largest absolute Gasteiger partial charge is 0.399 e. The first kappa shape index (κ1) is 11.9. The summed E-state index contributed by atoms with van der Waals surface area (Å²) in [5.74, 6) is -0.410. The van der Waals surface area contributed by atoms with Gasteiger partial charge >= 0.3 is 0 Å². The monoisotopic (exact) mass is 251 g/mol. The number of carbonyl (C=O) groups excluding carboxylic acids is 2. The van der Waals surface area contributed by atoms with E-state index in [9.17, 15) is 9.59 Å². The van der Waals surface area contributed by atoms with Crippen molar-refractivity contribution in [2.24, 2.45) is 5.73 Å². The lowest BCUT2D eigenvalue weighted by Crippen LogP contribution is -2.47. The Hall–Kier alpha value is -1.53. The van der Waals surface area contributed by atoms with Crippen molar-refractivity contribution < 1.29 is 9.59 Å². The zero-order valence-corrected chi connectivity index (χ0v) is 10.2. The van der Waals surface area contributed by atoms with Crippen molar-refractivity contribution in [2.45, 2.75) is 17.9 Å². The lowest BCUT2D eigenvalue weighted by molar-refractivity contribution is -0.125. The highest BCUT2D eigenvalue weighted by Gasteiger charge is 2.31. The second kappa shape index (κ2) is 4.38. The second-order valence-electron chi connectivity index (χ2n) is 3.87. The number of nitrogens with two attached hydrogens (primary N) is 2. The number of nitrogen functional groups attached to an aromatic ring is 1. The molecule has 1 aliphatic heterocycles. The van der Waals surface area contributed by atoms with E-state index in [0.717, 1.165) is 9.80 Å². The van der Waals surface area contributed by atoms with Crippen molar-refractivity contribution in [3.63, 3.8) is 0 Å². The number of hydrogen-bond donors (Lipinski definition) is 2. The summed E-state index contributed by atoms with van der Waals surface area (Å²) in [5.41, 5.74) is 12.3. The number of thioether (sulfide) groups is 1. The van der Waals surface area contributed by atoms with Gasteiger partial charge in [-0.3, -0.25) is 9.59 Å². The first-order valence-electron chi connectivity index (χ1n) is 5.15. The van der Waals surface area contributed by atoms with Gasteiger partial charge in [0.2, 0.25) is 11.8 Å². The van der Waals surface area contributed by atoms with Gasteiger partial charge in [0.25, 0.3) is 0 Å². The number of nitrogens with zero attached hydrogens (tertiary/aromatic N) is 1. The molecule has 0 fully saturated rings. The van der Waals surface area contributed by atoms with Gasteiger partial charge in [0.1, 0.15) is 0 Å². The van der Waals surface area contributed by atoms with E-state index < -0.39 is 11.9 Å². The Morgan fingerprint density at radius 1 is 1.53 bits per heavy atom. The third-order valence-corrected chi connectivity index (χ3v) is 3.48. The van der Waals surface area contributed by atoms with E-state index in [1.807, 2.05) is 6.07 Å². The van der Waals surface area contributed by atoms with Crippen molar-refractivity contribution in [3.8, 4) is 0 Å². The molecule has 1 aromatic carbocycles. The molecule has 1 aliphatic rings. The van der Waals surface area contributed by atoms with Crippen LogP contribution < -0.4 is 16.4 Å². The summed E-state index contributed by atoms with van der Waals surface area (Å²) in [7, 11) is 0. The Kier molecular flexibility index (Phi) is 3.08. The van der Waals surface area contributed by atoms with Crippen LogP contribution in [0.15, 0.2) is 23.1 Å². The highest BCUT2D eigenvalue weighted by Crippen LogP contribution is 2.36. The number of anilines is 2. The molecule has 6 heteroatoms. The summed E-state index contributed by atoms with van der Waals surface area (Å²) in [6.07, 6.45) is 0. The first-order valence-corrected chi connectivity index (χ1v) is 6.14. The molecule has 1 heterocycles. The Bertz CT molecular complexity index is 488. The smallest absolute Gasteiger partial charge is 0.250 e. The number of fused-ring (bicyclic) bond motifs is 1. The lowest BCUT2D eigenvalue weighted by Gasteiger charge is -2.28. The molecule has 2 amide bonds. The minimum atomic E-state index is -0.712. The molecular weight excluding hydrogens is 238 g/mol. The van der Waals surface area contributed by atoms with Crippen LogP contribution in [0.3, 0.4) is 0 Å². The van der Waals surface area contributed by atoms with Gasteiger partial charge in [0.05, 0.1) is 17.5 Å². The van der Waals surface area contributed by atoms with Crippen LogP contribution >= 0.6 is 11.8 Å².